The molecule has 1 heterocycles. The normalized spacial score (nSPS) is 15.3. The molecule has 0 aliphatic carbocycles. The Kier molecular flexibility index (Phi) is 7.75. The van der Waals surface area contributed by atoms with Gasteiger partial charge in [-0.25, -0.2) is 0 Å². The second-order valence-corrected chi connectivity index (χ2v) is 8.13. The molecule has 1 fully saturated rings. The number of likely N-dealkylation sites (tertiary alicyclic amines) is 1. The van der Waals surface area contributed by atoms with Crippen LogP contribution >= 0.6 is 11.8 Å². The molecule has 0 saturated carbocycles. The van der Waals surface area contributed by atoms with Crippen molar-refractivity contribution in [1.29, 1.82) is 0 Å². The Hall–Kier alpha value is -2.04. The zero-order valence-electron chi connectivity index (χ0n) is 16.9. The van der Waals surface area contributed by atoms with E-state index in [0.717, 1.165) is 43.6 Å². The van der Waals surface area contributed by atoms with E-state index in [2.05, 4.69) is 53.2 Å². The van der Waals surface area contributed by atoms with Crippen molar-refractivity contribution in [3.8, 4) is 0 Å². The summed E-state index contributed by atoms with van der Waals surface area (Å²) in [4.78, 5) is 14.8. The fourth-order valence-electron chi connectivity index (χ4n) is 3.86. The first-order valence-corrected chi connectivity index (χ1v) is 11.3. The largest absolute Gasteiger partial charge is 0.342 e. The van der Waals surface area contributed by atoms with E-state index < -0.39 is 0 Å². The topological polar surface area (TPSA) is 32.3 Å². The van der Waals surface area contributed by atoms with Crippen molar-refractivity contribution in [1.82, 2.24) is 10.2 Å². The summed E-state index contributed by atoms with van der Waals surface area (Å²) >= 11 is 1.68. The quantitative estimate of drug-likeness (QED) is 0.739. The highest BCUT2D eigenvalue weighted by Crippen LogP contribution is 2.29. The summed E-state index contributed by atoms with van der Waals surface area (Å²) in [7, 11) is 1.98. The van der Waals surface area contributed by atoms with Gasteiger partial charge in [0.05, 0.1) is 6.42 Å². The average molecular weight is 395 g/mol. The Bertz CT molecular complexity index is 810. The number of hydrogen-bond acceptors (Lipinski definition) is 3. The Morgan fingerprint density at radius 2 is 1.89 bits per heavy atom. The first kappa shape index (κ1) is 20.7. The molecule has 1 saturated heterocycles. The van der Waals surface area contributed by atoms with Crippen LogP contribution in [-0.4, -0.2) is 37.2 Å². The molecule has 0 bridgehead atoms. The van der Waals surface area contributed by atoms with E-state index in [1.165, 1.54) is 11.1 Å². The predicted molar refractivity (Wildman–Crippen MR) is 120 cm³/mol. The summed E-state index contributed by atoms with van der Waals surface area (Å²) in [6.07, 6.45) is 6.72. The molecular weight excluding hydrogens is 364 g/mol. The van der Waals surface area contributed by atoms with Gasteiger partial charge in [0.25, 0.3) is 0 Å². The monoisotopic (exact) mass is 394 g/mol. The summed E-state index contributed by atoms with van der Waals surface area (Å²) in [5, 5.41) is 5.28. The van der Waals surface area contributed by atoms with Gasteiger partial charge >= 0.3 is 0 Å². The molecule has 2 aromatic rings. The minimum absolute atomic E-state index is 0.244. The van der Waals surface area contributed by atoms with Crippen LogP contribution in [0.1, 0.15) is 41.0 Å². The molecule has 4 heteroatoms. The molecule has 2 aromatic carbocycles. The highest BCUT2D eigenvalue weighted by molar-refractivity contribution is 8.01. The fraction of sp³-hybridized carbons (Fsp3) is 0.375. The molecule has 148 valence electrons. The standard InChI is InChI=1S/C24H30N2OS/c1-25-18-21-7-4-8-23(16-21)22-9-12-26(13-10-22)24(27)17-20-6-3-5-19(15-20)11-14-28-2/h3-8,11,14-16,22,25H,9-10,12-13,17-18H2,1-2H3/b14-11+. The van der Waals surface area contributed by atoms with Crippen molar-refractivity contribution in [2.24, 2.45) is 0 Å². The number of thioether (sulfide) groups is 1. The Morgan fingerprint density at radius 1 is 1.14 bits per heavy atom. The number of carbonyl (C=O) groups excluding carboxylic acids is 1. The summed E-state index contributed by atoms with van der Waals surface area (Å²) in [6.45, 7) is 2.61. The van der Waals surface area contributed by atoms with Crippen LogP contribution in [0.15, 0.2) is 53.9 Å². The lowest BCUT2D eigenvalue weighted by molar-refractivity contribution is -0.131. The first-order valence-electron chi connectivity index (χ1n) is 9.99. The van der Waals surface area contributed by atoms with Crippen LogP contribution in [0.4, 0.5) is 0 Å². The number of nitrogens with one attached hydrogen (secondary N) is 1. The minimum atomic E-state index is 0.244. The number of piperidine rings is 1. The van der Waals surface area contributed by atoms with Crippen molar-refractivity contribution in [2.75, 3.05) is 26.4 Å². The van der Waals surface area contributed by atoms with E-state index in [-0.39, 0.29) is 5.91 Å². The van der Waals surface area contributed by atoms with Crippen molar-refractivity contribution in [2.45, 2.75) is 31.7 Å². The van der Waals surface area contributed by atoms with Gasteiger partial charge in [-0.3, -0.25) is 4.79 Å². The Labute approximate surface area is 173 Å². The van der Waals surface area contributed by atoms with Gasteiger partial charge in [0, 0.05) is 19.6 Å². The molecule has 28 heavy (non-hydrogen) atoms. The van der Waals surface area contributed by atoms with Gasteiger partial charge in [0.2, 0.25) is 5.91 Å². The molecule has 0 atom stereocenters. The van der Waals surface area contributed by atoms with E-state index in [1.807, 2.05) is 30.3 Å². The van der Waals surface area contributed by atoms with E-state index in [4.69, 9.17) is 0 Å². The number of carbonyl (C=O) groups is 1. The average Bonchev–Trinajstić information content (AvgIpc) is 2.73. The number of amides is 1. The van der Waals surface area contributed by atoms with E-state index >= 15 is 0 Å². The smallest absolute Gasteiger partial charge is 0.226 e. The lowest BCUT2D eigenvalue weighted by Crippen LogP contribution is -2.38. The van der Waals surface area contributed by atoms with Crippen molar-refractivity contribution < 1.29 is 4.79 Å². The zero-order chi connectivity index (χ0) is 19.8. The number of nitrogens with zero attached hydrogens (tertiary/aromatic N) is 1. The van der Waals surface area contributed by atoms with Gasteiger partial charge in [-0.05, 0) is 65.8 Å². The molecule has 0 radical (unpaired) electrons. The van der Waals surface area contributed by atoms with Crippen LogP contribution in [0.2, 0.25) is 0 Å². The lowest BCUT2D eigenvalue weighted by Gasteiger charge is -2.32. The summed E-state index contributed by atoms with van der Waals surface area (Å²) in [5.74, 6) is 0.800. The van der Waals surface area contributed by atoms with E-state index in [1.54, 1.807) is 11.8 Å². The Balaban J connectivity index is 1.55. The molecule has 0 spiro atoms. The molecule has 3 rings (SSSR count). The maximum Gasteiger partial charge on any atom is 0.226 e. The summed E-state index contributed by atoms with van der Waals surface area (Å²) in [6, 6.07) is 17.1. The van der Waals surface area contributed by atoms with Gasteiger partial charge in [-0.1, -0.05) is 48.5 Å². The zero-order valence-corrected chi connectivity index (χ0v) is 17.7. The molecule has 1 amide bonds. The van der Waals surface area contributed by atoms with Crippen LogP contribution in [-0.2, 0) is 17.8 Å². The van der Waals surface area contributed by atoms with Crippen LogP contribution in [0.3, 0.4) is 0 Å². The predicted octanol–water partition coefficient (Wildman–Crippen LogP) is 4.69. The number of benzene rings is 2. The van der Waals surface area contributed by atoms with Crippen molar-refractivity contribution in [3.05, 3.63) is 76.2 Å². The molecule has 1 aliphatic heterocycles. The third kappa shape index (κ3) is 5.73. The van der Waals surface area contributed by atoms with Crippen LogP contribution < -0.4 is 5.32 Å². The number of rotatable bonds is 7. The first-order chi connectivity index (χ1) is 13.7. The molecule has 1 N–H and O–H groups in total. The van der Waals surface area contributed by atoms with E-state index in [0.29, 0.717) is 12.3 Å². The van der Waals surface area contributed by atoms with Gasteiger partial charge in [-0.2, -0.15) is 0 Å². The molecule has 3 nitrogen and oxygen atoms in total. The SMILES string of the molecule is CNCc1cccc(C2CCN(C(=O)Cc3cccc(/C=C/SC)c3)CC2)c1. The second kappa shape index (κ2) is 10.5. The minimum Gasteiger partial charge on any atom is -0.342 e. The highest BCUT2D eigenvalue weighted by Gasteiger charge is 2.24. The van der Waals surface area contributed by atoms with E-state index in [9.17, 15) is 4.79 Å². The number of hydrogen-bond donors (Lipinski definition) is 1. The molecule has 1 aliphatic rings. The highest BCUT2D eigenvalue weighted by atomic mass is 32.2. The Morgan fingerprint density at radius 3 is 2.64 bits per heavy atom. The van der Waals surface area contributed by atoms with Gasteiger partial charge in [-0.15, -0.1) is 11.8 Å². The third-order valence-corrected chi connectivity index (χ3v) is 5.76. The maximum atomic E-state index is 12.8. The molecular formula is C24H30N2OS. The summed E-state index contributed by atoms with van der Waals surface area (Å²) < 4.78 is 0. The van der Waals surface area contributed by atoms with Gasteiger partial charge < -0.3 is 10.2 Å². The van der Waals surface area contributed by atoms with Gasteiger partial charge in [0.1, 0.15) is 0 Å². The van der Waals surface area contributed by atoms with Crippen LogP contribution in [0.5, 0.6) is 0 Å². The lowest BCUT2D eigenvalue weighted by atomic mass is 9.88. The molecule has 0 aromatic heterocycles. The van der Waals surface area contributed by atoms with Crippen molar-refractivity contribution >= 4 is 23.7 Å². The maximum absolute atomic E-state index is 12.8. The molecule has 0 unspecified atom stereocenters. The second-order valence-electron chi connectivity index (χ2n) is 7.39. The van der Waals surface area contributed by atoms with Crippen molar-refractivity contribution in [3.63, 3.8) is 0 Å². The third-order valence-electron chi connectivity index (χ3n) is 5.35. The van der Waals surface area contributed by atoms with Crippen LogP contribution in [0, 0.1) is 0 Å². The van der Waals surface area contributed by atoms with Gasteiger partial charge in [0.15, 0.2) is 0 Å². The summed E-state index contributed by atoms with van der Waals surface area (Å²) in [5.41, 5.74) is 4.98. The van der Waals surface area contributed by atoms with Crippen LogP contribution in [0.25, 0.3) is 6.08 Å². The fourth-order valence-corrected chi connectivity index (χ4v) is 4.16.